The van der Waals surface area contributed by atoms with Crippen molar-refractivity contribution in [3.63, 3.8) is 0 Å². The zero-order chi connectivity index (χ0) is 42.5. The Labute approximate surface area is 360 Å². The van der Waals surface area contributed by atoms with Crippen molar-refractivity contribution in [1.82, 2.24) is 0 Å². The summed E-state index contributed by atoms with van der Waals surface area (Å²) in [5.74, 6) is 2.35. The number of allylic oxidation sites excluding steroid dienone is 4. The maximum atomic E-state index is 14.4. The minimum atomic E-state index is -0.616. The van der Waals surface area contributed by atoms with Crippen LogP contribution in [0.3, 0.4) is 0 Å². The Balaban J connectivity index is 1.07. The van der Waals surface area contributed by atoms with Gasteiger partial charge in [0.25, 0.3) is 0 Å². The van der Waals surface area contributed by atoms with Crippen LogP contribution in [0.2, 0.25) is 0 Å². The van der Waals surface area contributed by atoms with Gasteiger partial charge in [0.15, 0.2) is 0 Å². The molecule has 1 fully saturated rings. The third kappa shape index (κ3) is 7.30. The van der Waals surface area contributed by atoms with Crippen LogP contribution < -0.4 is 9.47 Å². The molecule has 0 N–H and O–H groups in total. The molecule has 0 saturated heterocycles. The van der Waals surface area contributed by atoms with Gasteiger partial charge in [0.2, 0.25) is 22.8 Å². The second kappa shape index (κ2) is 14.5. The second-order valence-corrected chi connectivity index (χ2v) is 22.5. The van der Waals surface area contributed by atoms with Crippen molar-refractivity contribution in [3.8, 4) is 11.5 Å². The first kappa shape index (κ1) is 41.3. The fourth-order valence-corrected chi connectivity index (χ4v) is 13.1. The number of hydrogen-bond donors (Lipinski definition) is 0. The van der Waals surface area contributed by atoms with Crippen LogP contribution in [0.5, 0.6) is 11.5 Å². The summed E-state index contributed by atoms with van der Waals surface area (Å²) in [7, 11) is 0. The highest BCUT2D eigenvalue weighted by Crippen LogP contribution is 2.58. The van der Waals surface area contributed by atoms with E-state index < -0.39 is 11.2 Å². The molecule has 0 amide bonds. The Morgan fingerprint density at radius 1 is 0.650 bits per heavy atom. The van der Waals surface area contributed by atoms with E-state index >= 15 is 0 Å². The first-order chi connectivity index (χ1) is 28.3. The van der Waals surface area contributed by atoms with Gasteiger partial charge in [-0.25, -0.2) is 0 Å². The SMILES string of the molecule is CCCCCCC1(C)C=C2C(=[N+]([O-])c3cc4c(cc32)C=CC(C)(CC2(CCCC3CCCCC3)C=C3C(=[N+]([O-])c5cc6c(cc53)C=CC(C)(C)O6)C(C)(C)C2)O4)C(C)(C)C1. The van der Waals surface area contributed by atoms with Crippen LogP contribution >= 0.6 is 0 Å². The number of nitrogens with zero attached hydrogens (tertiary/aromatic N) is 2. The minimum Gasteiger partial charge on any atom is -0.618 e. The van der Waals surface area contributed by atoms with Crippen LogP contribution in [0.1, 0.15) is 187 Å². The molecule has 0 radical (unpaired) electrons. The van der Waals surface area contributed by atoms with Gasteiger partial charge < -0.3 is 19.9 Å². The van der Waals surface area contributed by atoms with E-state index in [0.717, 1.165) is 101 Å². The Hall–Kier alpha value is -4.06. The summed E-state index contributed by atoms with van der Waals surface area (Å²) in [5.41, 5.74) is 7.63. The van der Waals surface area contributed by atoms with Crippen LogP contribution in [0.15, 0.2) is 48.6 Å². The molecule has 6 nitrogen and oxygen atoms in total. The summed E-state index contributed by atoms with van der Waals surface area (Å²) in [4.78, 5) is 0. The van der Waals surface area contributed by atoms with Gasteiger partial charge in [0, 0.05) is 11.1 Å². The highest BCUT2D eigenvalue weighted by Gasteiger charge is 2.54. The summed E-state index contributed by atoms with van der Waals surface area (Å²) in [6, 6.07) is 8.40. The molecule has 4 heterocycles. The summed E-state index contributed by atoms with van der Waals surface area (Å²) in [5, 5.41) is 28.7. The van der Waals surface area contributed by atoms with Crippen molar-refractivity contribution >= 4 is 46.1 Å². The average Bonchev–Trinajstić information content (AvgIpc) is 3.59. The molecule has 3 atom stereocenters. The van der Waals surface area contributed by atoms with Gasteiger partial charge in [-0.2, -0.15) is 9.48 Å². The number of unbranched alkanes of at least 4 members (excludes halogenated alkanes) is 3. The van der Waals surface area contributed by atoms with Crippen molar-refractivity contribution in [2.75, 3.05) is 0 Å². The van der Waals surface area contributed by atoms with Crippen LogP contribution in [0.4, 0.5) is 11.4 Å². The molecule has 0 bridgehead atoms. The smallest absolute Gasteiger partial charge is 0.228 e. The lowest BCUT2D eigenvalue weighted by molar-refractivity contribution is -0.361. The summed E-state index contributed by atoms with van der Waals surface area (Å²) < 4.78 is 16.0. The molecule has 2 aromatic rings. The second-order valence-electron chi connectivity index (χ2n) is 22.5. The van der Waals surface area contributed by atoms with E-state index in [0.29, 0.717) is 11.4 Å². The molecule has 320 valence electrons. The van der Waals surface area contributed by atoms with E-state index in [1.807, 2.05) is 12.1 Å². The third-order valence-electron chi connectivity index (χ3n) is 15.4. The Kier molecular flexibility index (Phi) is 9.99. The molecule has 3 unspecified atom stereocenters. The largest absolute Gasteiger partial charge is 0.618 e. The molecule has 60 heavy (non-hydrogen) atoms. The molecule has 0 aromatic heterocycles. The number of fused-ring (bicyclic) bond motifs is 8. The van der Waals surface area contributed by atoms with Crippen molar-refractivity contribution in [3.05, 3.63) is 81.2 Å². The Bertz CT molecular complexity index is 2290. The molecule has 4 aliphatic heterocycles. The number of rotatable bonds is 11. The van der Waals surface area contributed by atoms with Gasteiger partial charge in [0.1, 0.15) is 22.7 Å². The number of benzene rings is 2. The molecule has 3 aliphatic carbocycles. The summed E-state index contributed by atoms with van der Waals surface area (Å²) in [6.07, 6.45) is 32.7. The van der Waals surface area contributed by atoms with Crippen molar-refractivity contribution in [2.45, 2.75) is 176 Å². The average molecular weight is 811 g/mol. The summed E-state index contributed by atoms with van der Waals surface area (Å²) >= 11 is 0. The lowest BCUT2D eigenvalue weighted by Crippen LogP contribution is -2.45. The standard InChI is InChI=1S/C54H70N2O4/c1-10-11-12-16-23-52(8)31-41-39-28-38-22-26-53(9,60-46(38)30-44(39)55(57)47(41)49(2,3)33-52)35-54(24-17-20-36-18-14-13-15-19-36)32-42-40-27-37-21-25-51(6,7)59-45(37)29-43(40)56(58)48(42)50(4,5)34-54/h21-22,25-32,36H,10-20,23-24,33-35H2,1-9H3. The highest BCUT2D eigenvalue weighted by molar-refractivity contribution is 6.29. The van der Waals surface area contributed by atoms with Gasteiger partial charge in [-0.1, -0.05) is 109 Å². The molecule has 0 spiro atoms. The predicted octanol–water partition coefficient (Wildman–Crippen LogP) is 14.7. The topological polar surface area (TPSA) is 70.6 Å². The molecule has 9 rings (SSSR count). The molecular formula is C54H70N2O4. The molecule has 6 heteroatoms. The van der Waals surface area contributed by atoms with Crippen molar-refractivity contribution in [1.29, 1.82) is 0 Å². The quantitative estimate of drug-likeness (QED) is 0.129. The van der Waals surface area contributed by atoms with Crippen molar-refractivity contribution in [2.24, 2.45) is 27.6 Å². The van der Waals surface area contributed by atoms with Gasteiger partial charge in [-0.3, -0.25) is 0 Å². The van der Waals surface area contributed by atoms with Gasteiger partial charge in [-0.05, 0) is 122 Å². The monoisotopic (exact) mass is 811 g/mol. The first-order valence-corrected chi connectivity index (χ1v) is 23.6. The minimum absolute atomic E-state index is 0.0495. The van der Waals surface area contributed by atoms with E-state index in [9.17, 15) is 10.4 Å². The maximum Gasteiger partial charge on any atom is 0.228 e. The number of hydrogen-bond acceptors (Lipinski definition) is 4. The van der Waals surface area contributed by atoms with Crippen LogP contribution in [-0.4, -0.2) is 32.1 Å². The van der Waals surface area contributed by atoms with Crippen molar-refractivity contribution < 1.29 is 19.0 Å². The molecule has 2 aromatic carbocycles. The van der Waals surface area contributed by atoms with E-state index in [2.05, 4.69) is 111 Å². The predicted molar refractivity (Wildman–Crippen MR) is 248 cm³/mol. The van der Waals surface area contributed by atoms with Crippen LogP contribution in [-0.2, 0) is 0 Å². The highest BCUT2D eigenvalue weighted by atomic mass is 16.5. The zero-order valence-electron chi connectivity index (χ0n) is 38.2. The summed E-state index contributed by atoms with van der Waals surface area (Å²) in [6.45, 7) is 20.1. The fourth-order valence-electron chi connectivity index (χ4n) is 13.1. The van der Waals surface area contributed by atoms with Crippen LogP contribution in [0, 0.1) is 38.0 Å². The Morgan fingerprint density at radius 2 is 1.25 bits per heavy atom. The lowest BCUT2D eigenvalue weighted by atomic mass is 9.58. The fraction of sp³-hybridized carbons (Fsp3) is 0.593. The van der Waals surface area contributed by atoms with E-state index in [4.69, 9.17) is 9.47 Å². The van der Waals surface area contributed by atoms with Crippen LogP contribution in [0.25, 0.3) is 23.3 Å². The number of ether oxygens (including phenoxy) is 2. The third-order valence-corrected chi connectivity index (χ3v) is 15.4. The van der Waals surface area contributed by atoms with E-state index in [1.54, 1.807) is 0 Å². The van der Waals surface area contributed by atoms with Gasteiger partial charge >= 0.3 is 0 Å². The molecule has 1 saturated carbocycles. The molecular weight excluding hydrogens is 741 g/mol. The van der Waals surface area contributed by atoms with E-state index in [-0.39, 0.29) is 21.7 Å². The van der Waals surface area contributed by atoms with Gasteiger partial charge in [0.05, 0.1) is 45.2 Å². The van der Waals surface area contributed by atoms with E-state index in [1.165, 1.54) is 73.7 Å². The first-order valence-electron chi connectivity index (χ1n) is 23.6. The molecule has 7 aliphatic rings. The zero-order valence-corrected chi connectivity index (χ0v) is 38.2. The normalized spacial score (nSPS) is 29.1. The lowest BCUT2D eigenvalue weighted by Gasteiger charge is -2.46. The Morgan fingerprint density at radius 3 is 1.90 bits per heavy atom. The van der Waals surface area contributed by atoms with Gasteiger partial charge in [-0.15, -0.1) is 0 Å². The maximum absolute atomic E-state index is 14.4.